The van der Waals surface area contributed by atoms with Crippen molar-refractivity contribution in [1.29, 1.82) is 0 Å². The van der Waals surface area contributed by atoms with Crippen LogP contribution >= 0.6 is 0 Å². The molecule has 3 aromatic heterocycles. The first-order valence-electron chi connectivity index (χ1n) is 11.9. The van der Waals surface area contributed by atoms with Gasteiger partial charge in [0.1, 0.15) is 29.2 Å². The molecule has 4 heterocycles. The van der Waals surface area contributed by atoms with Crippen molar-refractivity contribution in [3.05, 3.63) is 29.6 Å². The van der Waals surface area contributed by atoms with Gasteiger partial charge in [0, 0.05) is 39.4 Å². The highest BCUT2D eigenvalue weighted by atomic mass is 19.4. The van der Waals surface area contributed by atoms with Gasteiger partial charge in [0.05, 0.1) is 26.4 Å². The molecular formula is C23H31F3N8O2. The van der Waals surface area contributed by atoms with Gasteiger partial charge in [-0.25, -0.2) is 9.97 Å². The van der Waals surface area contributed by atoms with Gasteiger partial charge < -0.3 is 19.7 Å². The van der Waals surface area contributed by atoms with E-state index in [1.54, 1.807) is 10.9 Å². The Labute approximate surface area is 207 Å². The van der Waals surface area contributed by atoms with Gasteiger partial charge >= 0.3 is 6.18 Å². The lowest BCUT2D eigenvalue weighted by molar-refractivity contribution is -0.174. The minimum absolute atomic E-state index is 0.109. The van der Waals surface area contributed by atoms with Crippen LogP contribution in [-0.4, -0.2) is 88.9 Å². The van der Waals surface area contributed by atoms with Gasteiger partial charge in [-0.15, -0.1) is 0 Å². The van der Waals surface area contributed by atoms with E-state index in [0.29, 0.717) is 54.9 Å². The van der Waals surface area contributed by atoms with Crippen molar-refractivity contribution in [2.45, 2.75) is 33.1 Å². The summed E-state index contributed by atoms with van der Waals surface area (Å²) in [5.41, 5.74) is 2.96. The van der Waals surface area contributed by atoms with E-state index < -0.39 is 12.8 Å². The van der Waals surface area contributed by atoms with Crippen LogP contribution in [-0.2, 0) is 22.6 Å². The first-order chi connectivity index (χ1) is 17.2. The highest BCUT2D eigenvalue weighted by Gasteiger charge is 2.28. The fraction of sp³-hybridized carbons (Fsp3) is 0.565. The molecule has 36 heavy (non-hydrogen) atoms. The van der Waals surface area contributed by atoms with Crippen LogP contribution in [0.15, 0.2) is 18.3 Å². The lowest BCUT2D eigenvalue weighted by Crippen LogP contribution is -2.35. The number of halogens is 3. The molecule has 0 bridgehead atoms. The van der Waals surface area contributed by atoms with Crippen molar-refractivity contribution in [2.75, 3.05) is 63.3 Å². The molecule has 0 saturated carbocycles. The maximum Gasteiger partial charge on any atom is 0.411 e. The van der Waals surface area contributed by atoms with Gasteiger partial charge in [0.25, 0.3) is 0 Å². The molecule has 1 aliphatic rings. The molecule has 0 amide bonds. The second-order valence-corrected chi connectivity index (χ2v) is 8.65. The van der Waals surface area contributed by atoms with E-state index in [0.717, 1.165) is 24.3 Å². The molecule has 0 unspecified atom stereocenters. The lowest BCUT2D eigenvalue weighted by atomic mass is 10.2. The molecule has 0 aliphatic carbocycles. The average Bonchev–Trinajstić information content (AvgIpc) is 3.18. The number of ether oxygens (including phenoxy) is 2. The maximum atomic E-state index is 12.6. The molecule has 0 aromatic carbocycles. The number of pyridine rings is 1. The summed E-state index contributed by atoms with van der Waals surface area (Å²) < 4.78 is 49.7. The molecule has 1 fully saturated rings. The molecule has 1 aliphatic heterocycles. The van der Waals surface area contributed by atoms with Crippen LogP contribution in [0.4, 0.5) is 30.8 Å². The van der Waals surface area contributed by atoms with Crippen LogP contribution < -0.4 is 10.2 Å². The summed E-state index contributed by atoms with van der Waals surface area (Å²) in [6.45, 7) is 6.60. The van der Waals surface area contributed by atoms with Gasteiger partial charge in [-0.1, -0.05) is 0 Å². The summed E-state index contributed by atoms with van der Waals surface area (Å²) >= 11 is 0. The van der Waals surface area contributed by atoms with E-state index in [-0.39, 0.29) is 13.2 Å². The highest BCUT2D eigenvalue weighted by molar-refractivity contribution is 5.90. The third-order valence-electron chi connectivity index (χ3n) is 5.81. The fourth-order valence-electron chi connectivity index (χ4n) is 3.84. The SMILES string of the molecule is CCN(C)c1nc(Nc2cc(C)ccn2)c2c(n1)c(CN1CCOCC1)nn2CCOCC(F)(F)F. The largest absolute Gasteiger partial charge is 0.411 e. The third-order valence-corrected chi connectivity index (χ3v) is 5.81. The number of fused-ring (bicyclic) bond motifs is 1. The summed E-state index contributed by atoms with van der Waals surface area (Å²) in [7, 11) is 1.90. The highest BCUT2D eigenvalue weighted by Crippen LogP contribution is 2.29. The van der Waals surface area contributed by atoms with Crippen molar-refractivity contribution < 1.29 is 22.6 Å². The average molecular weight is 509 g/mol. The summed E-state index contributed by atoms with van der Waals surface area (Å²) in [6, 6.07) is 3.78. The van der Waals surface area contributed by atoms with Crippen LogP contribution in [0, 0.1) is 6.92 Å². The van der Waals surface area contributed by atoms with Gasteiger partial charge in [-0.05, 0) is 31.5 Å². The van der Waals surface area contributed by atoms with E-state index in [1.807, 2.05) is 37.9 Å². The van der Waals surface area contributed by atoms with Crippen molar-refractivity contribution in [3.63, 3.8) is 0 Å². The first kappa shape index (κ1) is 26.0. The van der Waals surface area contributed by atoms with Crippen LogP contribution in [0.3, 0.4) is 0 Å². The van der Waals surface area contributed by atoms with E-state index in [4.69, 9.17) is 24.5 Å². The molecule has 0 spiro atoms. The molecule has 13 heteroatoms. The lowest BCUT2D eigenvalue weighted by Gasteiger charge is -2.25. The van der Waals surface area contributed by atoms with E-state index in [1.165, 1.54) is 0 Å². The standard InChI is InChI=1S/C23H31F3N8O2/c1-4-32(3)22-29-19-17(14-33-7-10-35-11-8-33)31-34(9-12-36-15-23(24,25)26)20(19)21(30-22)28-18-13-16(2)5-6-27-18/h5-6,13H,4,7-12,14-15H2,1-3H3,(H,27,28,29,30). The first-order valence-corrected chi connectivity index (χ1v) is 11.9. The number of morpholine rings is 1. The topological polar surface area (TPSA) is 93.5 Å². The Hall–Kier alpha value is -3.03. The number of nitrogens with one attached hydrogen (secondary N) is 1. The minimum atomic E-state index is -4.39. The van der Waals surface area contributed by atoms with Gasteiger partial charge in [-0.2, -0.15) is 23.3 Å². The van der Waals surface area contributed by atoms with E-state index in [9.17, 15) is 13.2 Å². The summed E-state index contributed by atoms with van der Waals surface area (Å²) in [6.07, 6.45) is -2.69. The number of hydrogen-bond donors (Lipinski definition) is 1. The Balaban J connectivity index is 1.75. The Morgan fingerprint density at radius 3 is 2.69 bits per heavy atom. The molecule has 1 N–H and O–H groups in total. The van der Waals surface area contributed by atoms with Crippen LogP contribution in [0.1, 0.15) is 18.2 Å². The van der Waals surface area contributed by atoms with Crippen molar-refractivity contribution in [1.82, 2.24) is 29.6 Å². The predicted molar refractivity (Wildman–Crippen MR) is 129 cm³/mol. The Morgan fingerprint density at radius 2 is 2.00 bits per heavy atom. The second kappa shape index (κ2) is 11.4. The zero-order valence-corrected chi connectivity index (χ0v) is 20.7. The third kappa shape index (κ3) is 6.59. The van der Waals surface area contributed by atoms with Gasteiger partial charge in [0.2, 0.25) is 5.95 Å². The van der Waals surface area contributed by atoms with Crippen LogP contribution in [0.5, 0.6) is 0 Å². The molecular weight excluding hydrogens is 477 g/mol. The zero-order valence-electron chi connectivity index (χ0n) is 20.7. The molecule has 0 radical (unpaired) electrons. The molecule has 196 valence electrons. The van der Waals surface area contributed by atoms with Gasteiger partial charge in [0.15, 0.2) is 5.82 Å². The van der Waals surface area contributed by atoms with E-state index >= 15 is 0 Å². The Morgan fingerprint density at radius 1 is 1.22 bits per heavy atom. The monoisotopic (exact) mass is 508 g/mol. The van der Waals surface area contributed by atoms with Crippen LogP contribution in [0.2, 0.25) is 0 Å². The molecule has 10 nitrogen and oxygen atoms in total. The number of nitrogens with zero attached hydrogens (tertiary/aromatic N) is 7. The minimum Gasteiger partial charge on any atom is -0.379 e. The number of aryl methyl sites for hydroxylation is 1. The summed E-state index contributed by atoms with van der Waals surface area (Å²) in [4.78, 5) is 18.1. The van der Waals surface area contributed by atoms with E-state index in [2.05, 4.69) is 15.2 Å². The predicted octanol–water partition coefficient (Wildman–Crippen LogP) is 3.14. The smallest absolute Gasteiger partial charge is 0.379 e. The molecule has 0 atom stereocenters. The quantitative estimate of drug-likeness (QED) is 0.415. The maximum absolute atomic E-state index is 12.6. The van der Waals surface area contributed by atoms with Crippen LogP contribution in [0.25, 0.3) is 11.0 Å². The number of aromatic nitrogens is 5. The van der Waals surface area contributed by atoms with Gasteiger partial charge in [-0.3, -0.25) is 9.58 Å². The zero-order chi connectivity index (χ0) is 25.7. The number of hydrogen-bond acceptors (Lipinski definition) is 9. The Kier molecular flexibility index (Phi) is 8.21. The normalized spacial score (nSPS) is 14.9. The second-order valence-electron chi connectivity index (χ2n) is 8.65. The molecule has 3 aromatic rings. The van der Waals surface area contributed by atoms with Crippen molar-refractivity contribution in [2.24, 2.45) is 0 Å². The van der Waals surface area contributed by atoms with Crippen molar-refractivity contribution in [3.8, 4) is 0 Å². The summed E-state index contributed by atoms with van der Waals surface area (Å²) in [5.74, 6) is 1.58. The molecule has 4 rings (SSSR count). The molecule has 1 saturated heterocycles. The fourth-order valence-corrected chi connectivity index (χ4v) is 3.84. The summed E-state index contributed by atoms with van der Waals surface area (Å²) in [5, 5.41) is 8.03. The Bertz CT molecular complexity index is 1160. The number of rotatable bonds is 10. The van der Waals surface area contributed by atoms with Crippen molar-refractivity contribution >= 4 is 28.6 Å². The number of alkyl halides is 3. The number of anilines is 3.